The van der Waals surface area contributed by atoms with Gasteiger partial charge in [-0.3, -0.25) is 14.6 Å². The van der Waals surface area contributed by atoms with Gasteiger partial charge in [0.25, 0.3) is 11.5 Å². The van der Waals surface area contributed by atoms with Crippen LogP contribution in [0.5, 0.6) is 0 Å². The SMILES string of the molecule is C[C@@H](NC(=O)c1ccc2c(c1)[nH]c(=O)c1cnccc12)c1ccc(F)cc1. The summed E-state index contributed by atoms with van der Waals surface area (Å²) in [5.41, 5.74) is 1.57. The Hall–Kier alpha value is -3.54. The van der Waals surface area contributed by atoms with Crippen molar-refractivity contribution < 1.29 is 9.18 Å². The summed E-state index contributed by atoms with van der Waals surface area (Å²) in [6, 6.07) is 12.7. The molecule has 0 saturated carbocycles. The molecule has 6 heteroatoms. The lowest BCUT2D eigenvalue weighted by molar-refractivity contribution is 0.0940. The number of H-pyrrole nitrogens is 1. The number of amides is 1. The Morgan fingerprint density at radius 1 is 1.07 bits per heavy atom. The van der Waals surface area contributed by atoms with E-state index in [1.54, 1.807) is 36.5 Å². The number of aromatic nitrogens is 2. The van der Waals surface area contributed by atoms with Crippen LogP contribution in [0.1, 0.15) is 28.9 Å². The molecule has 2 aromatic heterocycles. The molecule has 2 aromatic carbocycles. The molecule has 5 nitrogen and oxygen atoms in total. The van der Waals surface area contributed by atoms with Crippen molar-refractivity contribution in [3.63, 3.8) is 0 Å². The van der Waals surface area contributed by atoms with Gasteiger partial charge < -0.3 is 10.3 Å². The molecule has 0 radical (unpaired) electrons. The van der Waals surface area contributed by atoms with Gasteiger partial charge >= 0.3 is 0 Å². The zero-order valence-electron chi connectivity index (χ0n) is 14.5. The Morgan fingerprint density at radius 2 is 1.85 bits per heavy atom. The molecule has 1 amide bonds. The van der Waals surface area contributed by atoms with Gasteiger partial charge in [-0.15, -0.1) is 0 Å². The maximum absolute atomic E-state index is 13.0. The van der Waals surface area contributed by atoms with Crippen molar-refractivity contribution in [2.75, 3.05) is 0 Å². The Morgan fingerprint density at radius 3 is 2.63 bits per heavy atom. The van der Waals surface area contributed by atoms with Gasteiger partial charge in [-0.2, -0.15) is 0 Å². The highest BCUT2D eigenvalue weighted by molar-refractivity contribution is 6.07. The summed E-state index contributed by atoms with van der Waals surface area (Å²) < 4.78 is 13.0. The normalized spacial score (nSPS) is 12.2. The van der Waals surface area contributed by atoms with Crippen LogP contribution in [-0.4, -0.2) is 15.9 Å². The topological polar surface area (TPSA) is 74.8 Å². The molecule has 0 aliphatic rings. The van der Waals surface area contributed by atoms with E-state index in [9.17, 15) is 14.0 Å². The van der Waals surface area contributed by atoms with E-state index < -0.39 is 0 Å². The Balaban J connectivity index is 1.67. The molecule has 27 heavy (non-hydrogen) atoms. The van der Waals surface area contributed by atoms with E-state index in [0.29, 0.717) is 16.5 Å². The molecule has 2 N–H and O–H groups in total. The van der Waals surface area contributed by atoms with Gasteiger partial charge in [-0.25, -0.2) is 4.39 Å². The summed E-state index contributed by atoms with van der Waals surface area (Å²) in [5.74, 6) is -0.595. The minimum Gasteiger partial charge on any atom is -0.346 e. The summed E-state index contributed by atoms with van der Waals surface area (Å²) >= 11 is 0. The lowest BCUT2D eigenvalue weighted by Crippen LogP contribution is -2.26. The van der Waals surface area contributed by atoms with Gasteiger partial charge in [0.1, 0.15) is 5.82 Å². The van der Waals surface area contributed by atoms with Crippen molar-refractivity contribution in [1.82, 2.24) is 15.3 Å². The maximum atomic E-state index is 13.0. The predicted molar refractivity (Wildman–Crippen MR) is 102 cm³/mol. The number of carbonyl (C=O) groups excluding carboxylic acids is 1. The molecule has 0 saturated heterocycles. The van der Waals surface area contributed by atoms with E-state index in [2.05, 4.69) is 15.3 Å². The minimum atomic E-state index is -0.321. The van der Waals surface area contributed by atoms with Crippen LogP contribution in [0.4, 0.5) is 4.39 Å². The van der Waals surface area contributed by atoms with Crippen molar-refractivity contribution in [3.8, 4) is 0 Å². The summed E-state index contributed by atoms with van der Waals surface area (Å²) in [4.78, 5) is 31.6. The fourth-order valence-electron chi connectivity index (χ4n) is 3.14. The second-order valence-corrected chi connectivity index (χ2v) is 6.38. The highest BCUT2D eigenvalue weighted by atomic mass is 19.1. The van der Waals surface area contributed by atoms with Gasteiger partial charge in [0.05, 0.1) is 11.4 Å². The third-order valence-electron chi connectivity index (χ3n) is 4.60. The van der Waals surface area contributed by atoms with Gasteiger partial charge in [-0.05, 0) is 48.2 Å². The molecule has 4 rings (SSSR count). The van der Waals surface area contributed by atoms with Crippen molar-refractivity contribution >= 4 is 27.6 Å². The van der Waals surface area contributed by atoms with Crippen molar-refractivity contribution in [3.05, 3.63) is 88.2 Å². The number of fused-ring (bicyclic) bond motifs is 3. The minimum absolute atomic E-state index is 0.247. The fourth-order valence-corrected chi connectivity index (χ4v) is 3.14. The highest BCUT2D eigenvalue weighted by Crippen LogP contribution is 2.22. The first-order chi connectivity index (χ1) is 13.0. The molecule has 1 atom stereocenters. The number of hydrogen-bond acceptors (Lipinski definition) is 3. The van der Waals surface area contributed by atoms with Gasteiger partial charge in [0.2, 0.25) is 0 Å². The molecule has 0 spiro atoms. The zero-order valence-corrected chi connectivity index (χ0v) is 14.5. The lowest BCUT2D eigenvalue weighted by Gasteiger charge is -2.15. The zero-order chi connectivity index (χ0) is 19.0. The maximum Gasteiger partial charge on any atom is 0.257 e. The number of carbonyl (C=O) groups is 1. The fraction of sp³-hybridized carbons (Fsp3) is 0.0952. The van der Waals surface area contributed by atoms with E-state index in [0.717, 1.165) is 16.3 Å². The third-order valence-corrected chi connectivity index (χ3v) is 4.60. The predicted octanol–water partition coefficient (Wildman–Crippen LogP) is 3.71. The Labute approximate surface area is 153 Å². The van der Waals surface area contributed by atoms with Crippen molar-refractivity contribution in [1.29, 1.82) is 0 Å². The first-order valence-electron chi connectivity index (χ1n) is 8.49. The molecule has 2 heterocycles. The van der Waals surface area contributed by atoms with Gasteiger partial charge in [-0.1, -0.05) is 18.2 Å². The molecule has 0 aliphatic carbocycles. The van der Waals surface area contributed by atoms with Crippen molar-refractivity contribution in [2.45, 2.75) is 13.0 Å². The van der Waals surface area contributed by atoms with E-state index in [1.165, 1.54) is 18.3 Å². The molecular weight excluding hydrogens is 345 g/mol. The standard InChI is InChI=1S/C21H16FN3O2/c1-12(13-2-5-15(22)6-3-13)24-20(26)14-4-7-17-16-8-9-23-11-18(16)21(27)25-19(17)10-14/h2-12H,1H3,(H,24,26)(H,25,27)/t12-/m1/s1. The van der Waals surface area contributed by atoms with Crippen molar-refractivity contribution in [2.24, 2.45) is 0 Å². The summed E-state index contributed by atoms with van der Waals surface area (Å²) in [6.45, 7) is 1.83. The average Bonchev–Trinajstić information content (AvgIpc) is 2.68. The van der Waals surface area contributed by atoms with Crippen LogP contribution in [0, 0.1) is 5.82 Å². The molecule has 134 valence electrons. The van der Waals surface area contributed by atoms with E-state index in [1.807, 2.05) is 13.0 Å². The number of pyridine rings is 2. The highest BCUT2D eigenvalue weighted by Gasteiger charge is 2.13. The number of nitrogens with one attached hydrogen (secondary N) is 2. The largest absolute Gasteiger partial charge is 0.346 e. The molecule has 0 bridgehead atoms. The number of halogens is 1. The number of hydrogen-bond donors (Lipinski definition) is 2. The summed E-state index contributed by atoms with van der Waals surface area (Å²) in [7, 11) is 0. The van der Waals surface area contributed by atoms with Crippen LogP contribution in [0.15, 0.2) is 65.7 Å². The lowest BCUT2D eigenvalue weighted by atomic mass is 10.0. The second-order valence-electron chi connectivity index (χ2n) is 6.38. The van der Waals surface area contributed by atoms with Crippen LogP contribution in [0.3, 0.4) is 0 Å². The third kappa shape index (κ3) is 3.17. The van der Waals surface area contributed by atoms with E-state index in [4.69, 9.17) is 0 Å². The Bertz CT molecular complexity index is 1220. The van der Waals surface area contributed by atoms with E-state index >= 15 is 0 Å². The molecule has 0 unspecified atom stereocenters. The summed E-state index contributed by atoms with van der Waals surface area (Å²) in [6.07, 6.45) is 3.16. The van der Waals surface area contributed by atoms with Gasteiger partial charge in [0.15, 0.2) is 0 Å². The monoisotopic (exact) mass is 361 g/mol. The first kappa shape index (κ1) is 16.9. The van der Waals surface area contributed by atoms with Gasteiger partial charge in [0, 0.05) is 28.9 Å². The first-order valence-corrected chi connectivity index (χ1v) is 8.49. The smallest absolute Gasteiger partial charge is 0.257 e. The number of rotatable bonds is 3. The van der Waals surface area contributed by atoms with Crippen LogP contribution in [-0.2, 0) is 0 Å². The van der Waals surface area contributed by atoms with Crippen LogP contribution < -0.4 is 10.9 Å². The van der Waals surface area contributed by atoms with Crippen LogP contribution in [0.2, 0.25) is 0 Å². The number of benzene rings is 2. The van der Waals surface area contributed by atoms with E-state index in [-0.39, 0.29) is 23.3 Å². The average molecular weight is 361 g/mol. The second kappa shape index (κ2) is 6.64. The molecule has 4 aromatic rings. The number of aromatic amines is 1. The molecule has 0 aliphatic heterocycles. The number of nitrogens with zero attached hydrogens (tertiary/aromatic N) is 1. The Kier molecular flexibility index (Phi) is 4.16. The molecular formula is C21H16FN3O2. The van der Waals surface area contributed by atoms with Crippen LogP contribution in [0.25, 0.3) is 21.7 Å². The molecule has 0 fully saturated rings. The quantitative estimate of drug-likeness (QED) is 0.546. The summed E-state index contributed by atoms with van der Waals surface area (Å²) in [5, 5.41) is 5.02. The van der Waals surface area contributed by atoms with Crippen LogP contribution >= 0.6 is 0 Å².